The number of amides is 1. The van der Waals surface area contributed by atoms with E-state index in [0.29, 0.717) is 24.3 Å². The van der Waals surface area contributed by atoms with E-state index in [1.165, 1.54) is 14.2 Å². The van der Waals surface area contributed by atoms with Crippen LogP contribution >= 0.6 is 0 Å². The number of likely N-dealkylation sites (tertiary alicyclic amines) is 1. The van der Waals surface area contributed by atoms with Gasteiger partial charge in [0.15, 0.2) is 11.5 Å². The van der Waals surface area contributed by atoms with Gasteiger partial charge in [-0.3, -0.25) is 4.79 Å². The number of carboxylic acids is 1. The van der Waals surface area contributed by atoms with Gasteiger partial charge < -0.3 is 24.6 Å². The minimum absolute atomic E-state index is 0.0797. The Bertz CT molecular complexity index is 743. The van der Waals surface area contributed by atoms with Crippen LogP contribution < -0.4 is 9.47 Å². The molecule has 7 nitrogen and oxygen atoms in total. The highest BCUT2D eigenvalue weighted by molar-refractivity contribution is 5.89. The largest absolute Gasteiger partial charge is 0.504 e. The van der Waals surface area contributed by atoms with Crippen LogP contribution in [0.5, 0.6) is 17.2 Å². The molecule has 0 radical (unpaired) electrons. The second-order valence-corrected chi connectivity index (χ2v) is 8.03. The molecule has 0 aromatic heterocycles. The number of carbonyl (C=O) groups is 2. The van der Waals surface area contributed by atoms with Gasteiger partial charge in [-0.2, -0.15) is 0 Å². The van der Waals surface area contributed by atoms with E-state index in [1.807, 2.05) is 0 Å². The average Bonchev–Trinajstić information content (AvgIpc) is 2.74. The van der Waals surface area contributed by atoms with Crippen molar-refractivity contribution in [2.75, 3.05) is 20.8 Å². The van der Waals surface area contributed by atoms with E-state index in [4.69, 9.17) is 9.47 Å². The van der Waals surface area contributed by atoms with Crippen molar-refractivity contribution < 1.29 is 29.3 Å². The van der Waals surface area contributed by atoms with Gasteiger partial charge in [-0.1, -0.05) is 19.3 Å². The molecule has 1 saturated heterocycles. The zero-order valence-electron chi connectivity index (χ0n) is 17.2. The Morgan fingerprint density at radius 3 is 2.34 bits per heavy atom. The summed E-state index contributed by atoms with van der Waals surface area (Å²) in [7, 11) is 2.94. The Hall–Kier alpha value is -2.44. The van der Waals surface area contributed by atoms with Gasteiger partial charge in [0.1, 0.15) is 6.04 Å². The van der Waals surface area contributed by atoms with Gasteiger partial charge >= 0.3 is 5.97 Å². The highest BCUT2D eigenvalue weighted by Gasteiger charge is 2.40. The fraction of sp³-hybridized carbons (Fsp3) is 0.636. The van der Waals surface area contributed by atoms with Crippen LogP contribution in [0.1, 0.15) is 62.8 Å². The first-order valence-corrected chi connectivity index (χ1v) is 10.5. The van der Waals surface area contributed by atoms with Crippen LogP contribution in [0.3, 0.4) is 0 Å². The summed E-state index contributed by atoms with van der Waals surface area (Å²) in [6, 6.07) is 2.53. The third-order valence-corrected chi connectivity index (χ3v) is 6.30. The molecule has 3 rings (SSSR count). The van der Waals surface area contributed by atoms with Crippen LogP contribution in [0.2, 0.25) is 0 Å². The van der Waals surface area contributed by atoms with Gasteiger partial charge in [-0.05, 0) is 55.7 Å². The SMILES string of the molecule is COc1cc(C(C(=O)N2CCCC[C@H]2C(=O)O)C2CCCCC2)cc(O)c1OC. The van der Waals surface area contributed by atoms with Gasteiger partial charge in [0.2, 0.25) is 11.7 Å². The number of phenols is 1. The van der Waals surface area contributed by atoms with Crippen LogP contribution in [-0.4, -0.2) is 53.8 Å². The maximum atomic E-state index is 13.7. The van der Waals surface area contributed by atoms with Crippen molar-refractivity contribution in [1.82, 2.24) is 4.90 Å². The summed E-state index contributed by atoms with van der Waals surface area (Å²) in [5.41, 5.74) is 0.659. The third kappa shape index (κ3) is 4.43. The molecule has 1 aliphatic heterocycles. The van der Waals surface area contributed by atoms with Crippen molar-refractivity contribution in [3.8, 4) is 17.2 Å². The highest BCUT2D eigenvalue weighted by atomic mass is 16.5. The zero-order chi connectivity index (χ0) is 21.0. The summed E-state index contributed by atoms with van der Waals surface area (Å²) >= 11 is 0. The molecule has 2 atom stereocenters. The lowest BCUT2D eigenvalue weighted by Gasteiger charge is -2.38. The smallest absolute Gasteiger partial charge is 0.326 e. The summed E-state index contributed by atoms with van der Waals surface area (Å²) in [4.78, 5) is 27.0. The zero-order valence-corrected chi connectivity index (χ0v) is 17.2. The van der Waals surface area contributed by atoms with E-state index < -0.39 is 17.9 Å². The number of methoxy groups -OCH3 is 2. The minimum Gasteiger partial charge on any atom is -0.504 e. The molecule has 2 N–H and O–H groups in total. The molecule has 1 heterocycles. The van der Waals surface area contributed by atoms with E-state index in [0.717, 1.165) is 44.9 Å². The van der Waals surface area contributed by atoms with Gasteiger partial charge in [-0.25, -0.2) is 4.79 Å². The summed E-state index contributed by atoms with van der Waals surface area (Å²) in [6.45, 7) is 0.457. The van der Waals surface area contributed by atoms with Crippen LogP contribution in [0.25, 0.3) is 0 Å². The summed E-state index contributed by atoms with van der Waals surface area (Å²) < 4.78 is 10.6. The van der Waals surface area contributed by atoms with Crippen molar-refractivity contribution in [3.63, 3.8) is 0 Å². The Morgan fingerprint density at radius 1 is 1.03 bits per heavy atom. The Morgan fingerprint density at radius 2 is 1.72 bits per heavy atom. The maximum absolute atomic E-state index is 13.7. The standard InChI is InChI=1S/C22H31NO6/c1-28-18-13-15(12-17(24)20(18)29-2)19(14-8-4-3-5-9-14)21(25)23-11-7-6-10-16(23)22(26)27/h12-14,16,19,24H,3-11H2,1-2H3,(H,26,27)/t16-,19?/m0/s1. The van der Waals surface area contributed by atoms with E-state index in [9.17, 15) is 19.8 Å². The first-order chi connectivity index (χ1) is 14.0. The lowest BCUT2D eigenvalue weighted by Crippen LogP contribution is -2.50. The maximum Gasteiger partial charge on any atom is 0.326 e. The molecule has 29 heavy (non-hydrogen) atoms. The predicted octanol–water partition coefficient (Wildman–Crippen LogP) is 3.54. The van der Waals surface area contributed by atoms with Crippen molar-refractivity contribution >= 4 is 11.9 Å². The average molecular weight is 405 g/mol. The fourth-order valence-corrected chi connectivity index (χ4v) is 4.86. The van der Waals surface area contributed by atoms with Gasteiger partial charge in [-0.15, -0.1) is 0 Å². The first-order valence-electron chi connectivity index (χ1n) is 10.5. The minimum atomic E-state index is -0.949. The second kappa shape index (κ2) is 9.37. The quantitative estimate of drug-likeness (QED) is 0.751. The Kier molecular flexibility index (Phi) is 6.87. The summed E-state index contributed by atoms with van der Waals surface area (Å²) in [5, 5.41) is 20.1. The summed E-state index contributed by atoms with van der Waals surface area (Å²) in [6.07, 6.45) is 7.18. The van der Waals surface area contributed by atoms with Crippen LogP contribution in [0, 0.1) is 5.92 Å². The number of hydrogen-bond donors (Lipinski definition) is 2. The van der Waals surface area contributed by atoms with Crippen LogP contribution in [0.4, 0.5) is 0 Å². The molecule has 0 spiro atoms. The Labute approximate surface area is 171 Å². The van der Waals surface area contributed by atoms with Gasteiger partial charge in [0, 0.05) is 6.54 Å². The number of aliphatic carboxylic acids is 1. The van der Waals surface area contributed by atoms with Crippen molar-refractivity contribution in [3.05, 3.63) is 17.7 Å². The fourth-order valence-electron chi connectivity index (χ4n) is 4.86. The predicted molar refractivity (Wildman–Crippen MR) is 108 cm³/mol. The van der Waals surface area contributed by atoms with Crippen LogP contribution in [-0.2, 0) is 9.59 Å². The molecule has 1 amide bonds. The molecule has 1 unspecified atom stereocenters. The van der Waals surface area contributed by atoms with E-state index >= 15 is 0 Å². The monoisotopic (exact) mass is 405 g/mol. The number of ether oxygens (including phenoxy) is 2. The molecule has 1 saturated carbocycles. The molecule has 160 valence electrons. The Balaban J connectivity index is 2.02. The molecule has 0 bridgehead atoms. The first kappa shape index (κ1) is 21.3. The number of benzene rings is 1. The number of carboxylic acid groups (broad SMARTS) is 1. The van der Waals surface area contributed by atoms with E-state index in [2.05, 4.69) is 0 Å². The number of nitrogens with zero attached hydrogens (tertiary/aromatic N) is 1. The van der Waals surface area contributed by atoms with Crippen molar-refractivity contribution in [2.45, 2.75) is 63.3 Å². The number of hydrogen-bond acceptors (Lipinski definition) is 5. The topological polar surface area (TPSA) is 96.3 Å². The number of piperidine rings is 1. The lowest BCUT2D eigenvalue weighted by molar-refractivity contribution is -0.153. The molecule has 2 aliphatic rings. The number of carbonyl (C=O) groups excluding carboxylic acids is 1. The number of aromatic hydroxyl groups is 1. The number of phenolic OH excluding ortho intramolecular Hbond substituents is 1. The molecule has 1 aromatic carbocycles. The molecule has 1 aliphatic carbocycles. The third-order valence-electron chi connectivity index (χ3n) is 6.30. The van der Waals surface area contributed by atoms with E-state index in [-0.39, 0.29) is 23.3 Å². The second-order valence-electron chi connectivity index (χ2n) is 8.03. The molecule has 1 aromatic rings. The molecule has 7 heteroatoms. The van der Waals surface area contributed by atoms with Crippen molar-refractivity contribution in [1.29, 1.82) is 0 Å². The van der Waals surface area contributed by atoms with E-state index in [1.54, 1.807) is 17.0 Å². The molecular formula is C22H31NO6. The molecule has 2 fully saturated rings. The van der Waals surface area contributed by atoms with Crippen molar-refractivity contribution in [2.24, 2.45) is 5.92 Å². The highest BCUT2D eigenvalue weighted by Crippen LogP contribution is 2.44. The normalized spacial score (nSPS) is 21.4. The van der Waals surface area contributed by atoms with Gasteiger partial charge in [0.05, 0.1) is 20.1 Å². The molecular weight excluding hydrogens is 374 g/mol. The van der Waals surface area contributed by atoms with Crippen LogP contribution in [0.15, 0.2) is 12.1 Å². The van der Waals surface area contributed by atoms with Gasteiger partial charge in [0.25, 0.3) is 0 Å². The number of rotatable bonds is 6. The summed E-state index contributed by atoms with van der Waals surface area (Å²) in [5.74, 6) is -0.974. The lowest BCUT2D eigenvalue weighted by atomic mass is 9.75.